The number of halogens is 1. The van der Waals surface area contributed by atoms with E-state index in [1.165, 1.54) is 0 Å². The predicted molar refractivity (Wildman–Crippen MR) is 105 cm³/mol. The van der Waals surface area contributed by atoms with E-state index >= 15 is 0 Å². The van der Waals surface area contributed by atoms with Crippen molar-refractivity contribution in [2.75, 3.05) is 13.1 Å². The minimum atomic E-state index is -0.149. The molecule has 0 spiro atoms. The van der Waals surface area contributed by atoms with E-state index in [4.69, 9.17) is 0 Å². The molecule has 1 fully saturated rings. The Balaban J connectivity index is 0.00000210. The number of rotatable bonds is 5. The van der Waals surface area contributed by atoms with Gasteiger partial charge in [-0.05, 0) is 49.2 Å². The summed E-state index contributed by atoms with van der Waals surface area (Å²) in [6.45, 7) is 2.44. The summed E-state index contributed by atoms with van der Waals surface area (Å²) in [6, 6.07) is 12.0. The van der Waals surface area contributed by atoms with Crippen molar-refractivity contribution in [2.45, 2.75) is 25.4 Å². The Labute approximate surface area is 164 Å². The average molecular weight is 387 g/mol. The van der Waals surface area contributed by atoms with E-state index in [9.17, 15) is 4.79 Å². The fourth-order valence-electron chi connectivity index (χ4n) is 3.18. The highest BCUT2D eigenvalue weighted by atomic mass is 35.5. The molecule has 7 nitrogen and oxygen atoms in total. The molecule has 1 amide bonds. The number of carbonyl (C=O) groups excluding carboxylic acids is 1. The lowest BCUT2D eigenvalue weighted by Crippen LogP contribution is -2.32. The number of hydrogen-bond donors (Lipinski definition) is 2. The second-order valence-electron chi connectivity index (χ2n) is 6.48. The smallest absolute Gasteiger partial charge is 0.272 e. The molecule has 1 aliphatic heterocycles. The molecular weight excluding hydrogens is 364 g/mol. The first-order chi connectivity index (χ1) is 12.8. The van der Waals surface area contributed by atoms with Crippen LogP contribution in [0.25, 0.3) is 5.69 Å². The van der Waals surface area contributed by atoms with Crippen LogP contribution < -0.4 is 10.6 Å². The molecule has 3 heterocycles. The van der Waals surface area contributed by atoms with Gasteiger partial charge in [-0.15, -0.1) is 12.4 Å². The van der Waals surface area contributed by atoms with Gasteiger partial charge in [0.15, 0.2) is 0 Å². The Morgan fingerprint density at radius 1 is 1.22 bits per heavy atom. The molecule has 1 aliphatic rings. The summed E-state index contributed by atoms with van der Waals surface area (Å²) >= 11 is 0. The highest BCUT2D eigenvalue weighted by Gasteiger charge is 2.17. The number of hydrogen-bond acceptors (Lipinski definition) is 4. The molecule has 0 aliphatic carbocycles. The number of carbonyl (C=O) groups is 1. The van der Waals surface area contributed by atoms with E-state index in [2.05, 4.69) is 20.8 Å². The lowest BCUT2D eigenvalue weighted by molar-refractivity contribution is 0.0944. The summed E-state index contributed by atoms with van der Waals surface area (Å²) in [5.41, 5.74) is 2.49. The quantitative estimate of drug-likeness (QED) is 0.705. The molecular formula is C19H23ClN6O. The zero-order valence-electron chi connectivity index (χ0n) is 14.9. The van der Waals surface area contributed by atoms with Gasteiger partial charge in [-0.2, -0.15) is 10.2 Å². The maximum absolute atomic E-state index is 12.4. The van der Waals surface area contributed by atoms with Crippen molar-refractivity contribution in [3.63, 3.8) is 0 Å². The van der Waals surface area contributed by atoms with Gasteiger partial charge in [0.05, 0.1) is 11.7 Å². The van der Waals surface area contributed by atoms with E-state index in [-0.39, 0.29) is 18.3 Å². The van der Waals surface area contributed by atoms with Crippen molar-refractivity contribution >= 4 is 18.3 Å². The standard InChI is InChI=1S/C19H22N6O.ClH/c26-19(18-8-12-25(23-18)17-3-1-9-20-14-17)21-13-15-4-6-16(7-5-15)24-11-2-10-22-24;/h2,4-8,10-12,17,20H,1,3,9,13-14H2,(H,21,26);1H. The first kappa shape index (κ1) is 19.1. The van der Waals surface area contributed by atoms with E-state index in [1.54, 1.807) is 16.9 Å². The van der Waals surface area contributed by atoms with Gasteiger partial charge in [-0.25, -0.2) is 4.68 Å². The Morgan fingerprint density at radius 3 is 2.78 bits per heavy atom. The van der Waals surface area contributed by atoms with Gasteiger partial charge in [-0.3, -0.25) is 9.48 Å². The van der Waals surface area contributed by atoms with Crippen LogP contribution in [0.1, 0.15) is 34.9 Å². The predicted octanol–water partition coefficient (Wildman–Crippen LogP) is 2.35. The SMILES string of the molecule is Cl.O=C(NCc1ccc(-n2cccn2)cc1)c1ccn(C2CCCNC2)n1. The molecule has 0 bridgehead atoms. The Morgan fingerprint density at radius 2 is 2.07 bits per heavy atom. The van der Waals surface area contributed by atoms with Crippen LogP contribution in [0.15, 0.2) is 55.0 Å². The molecule has 27 heavy (non-hydrogen) atoms. The summed E-state index contributed by atoms with van der Waals surface area (Å²) in [4.78, 5) is 12.4. The minimum absolute atomic E-state index is 0. The van der Waals surface area contributed by atoms with Crippen molar-refractivity contribution in [1.29, 1.82) is 0 Å². The van der Waals surface area contributed by atoms with Gasteiger partial charge >= 0.3 is 0 Å². The Kier molecular flexibility index (Phi) is 6.26. The third-order valence-electron chi connectivity index (χ3n) is 4.64. The van der Waals surface area contributed by atoms with Crippen LogP contribution in [0.5, 0.6) is 0 Å². The summed E-state index contributed by atoms with van der Waals surface area (Å²) < 4.78 is 3.70. The molecule has 1 unspecified atom stereocenters. The van der Waals surface area contributed by atoms with Crippen LogP contribution in [0.3, 0.4) is 0 Å². The summed E-state index contributed by atoms with van der Waals surface area (Å²) in [5.74, 6) is -0.149. The molecule has 2 aromatic heterocycles. The fraction of sp³-hybridized carbons (Fsp3) is 0.316. The van der Waals surface area contributed by atoms with E-state index < -0.39 is 0 Å². The van der Waals surface area contributed by atoms with Crippen molar-refractivity contribution in [3.05, 3.63) is 66.2 Å². The normalized spacial score (nSPS) is 16.5. The first-order valence-corrected chi connectivity index (χ1v) is 8.92. The van der Waals surface area contributed by atoms with Crippen molar-refractivity contribution in [1.82, 2.24) is 30.2 Å². The monoisotopic (exact) mass is 386 g/mol. The van der Waals surface area contributed by atoms with Gasteiger partial charge in [0, 0.05) is 31.7 Å². The van der Waals surface area contributed by atoms with Crippen LogP contribution in [-0.4, -0.2) is 38.6 Å². The number of aromatic nitrogens is 4. The van der Waals surface area contributed by atoms with Crippen molar-refractivity contribution in [3.8, 4) is 5.69 Å². The number of piperidine rings is 1. The summed E-state index contributed by atoms with van der Waals surface area (Å²) in [5, 5.41) is 14.9. The summed E-state index contributed by atoms with van der Waals surface area (Å²) in [6.07, 6.45) is 7.77. The molecule has 0 saturated carbocycles. The van der Waals surface area contributed by atoms with Gasteiger partial charge in [0.1, 0.15) is 5.69 Å². The van der Waals surface area contributed by atoms with E-state index in [0.29, 0.717) is 18.3 Å². The zero-order valence-corrected chi connectivity index (χ0v) is 15.7. The molecule has 1 saturated heterocycles. The fourth-order valence-corrected chi connectivity index (χ4v) is 3.18. The maximum atomic E-state index is 12.4. The molecule has 3 aromatic rings. The topological polar surface area (TPSA) is 76.8 Å². The lowest BCUT2D eigenvalue weighted by Gasteiger charge is -2.22. The van der Waals surface area contributed by atoms with Crippen molar-refractivity contribution < 1.29 is 4.79 Å². The molecule has 142 valence electrons. The number of amides is 1. The second-order valence-corrected chi connectivity index (χ2v) is 6.48. The third-order valence-corrected chi connectivity index (χ3v) is 4.64. The number of benzene rings is 1. The molecule has 1 aromatic carbocycles. The number of nitrogens with one attached hydrogen (secondary N) is 2. The molecule has 0 radical (unpaired) electrons. The van der Waals surface area contributed by atoms with Crippen LogP contribution in [0.2, 0.25) is 0 Å². The third kappa shape index (κ3) is 4.56. The Hall–Kier alpha value is -2.64. The second kappa shape index (κ2) is 8.83. The summed E-state index contributed by atoms with van der Waals surface area (Å²) in [7, 11) is 0. The van der Waals surface area contributed by atoms with E-state index in [1.807, 2.05) is 47.4 Å². The van der Waals surface area contributed by atoms with Crippen LogP contribution in [0, 0.1) is 0 Å². The van der Waals surface area contributed by atoms with Crippen LogP contribution >= 0.6 is 12.4 Å². The lowest BCUT2D eigenvalue weighted by atomic mass is 10.1. The molecule has 4 rings (SSSR count). The van der Waals surface area contributed by atoms with Gasteiger partial charge in [0.25, 0.3) is 5.91 Å². The largest absolute Gasteiger partial charge is 0.347 e. The van der Waals surface area contributed by atoms with Crippen LogP contribution in [-0.2, 0) is 6.54 Å². The van der Waals surface area contributed by atoms with Crippen molar-refractivity contribution in [2.24, 2.45) is 0 Å². The maximum Gasteiger partial charge on any atom is 0.272 e. The Bertz CT molecular complexity index is 853. The van der Waals surface area contributed by atoms with E-state index in [0.717, 1.165) is 37.2 Å². The average Bonchev–Trinajstić information content (AvgIpc) is 3.39. The highest BCUT2D eigenvalue weighted by molar-refractivity contribution is 5.92. The van der Waals surface area contributed by atoms with Gasteiger partial charge in [-0.1, -0.05) is 12.1 Å². The molecule has 8 heteroatoms. The minimum Gasteiger partial charge on any atom is -0.347 e. The molecule has 1 atom stereocenters. The van der Waals surface area contributed by atoms with Crippen LogP contribution in [0.4, 0.5) is 0 Å². The number of nitrogens with zero attached hydrogens (tertiary/aromatic N) is 4. The molecule has 2 N–H and O–H groups in total. The highest BCUT2D eigenvalue weighted by Crippen LogP contribution is 2.15. The van der Waals surface area contributed by atoms with Gasteiger partial charge < -0.3 is 10.6 Å². The van der Waals surface area contributed by atoms with Gasteiger partial charge in [0.2, 0.25) is 0 Å². The first-order valence-electron chi connectivity index (χ1n) is 8.92. The zero-order chi connectivity index (χ0) is 17.8.